The summed E-state index contributed by atoms with van der Waals surface area (Å²) in [7, 11) is 0. The largest absolute Gasteiger partial charge is 0.402 e. The lowest BCUT2D eigenvalue weighted by atomic mass is 10.2. The van der Waals surface area contributed by atoms with E-state index >= 15 is 0 Å². The Hall–Kier alpha value is -0.720. The zero-order valence-electron chi connectivity index (χ0n) is 6.77. The third-order valence-electron chi connectivity index (χ3n) is 1.32. The molecule has 0 heterocycles. The summed E-state index contributed by atoms with van der Waals surface area (Å²) in [5.74, 6) is 0. The number of unbranched alkanes of at least 4 members (excludes halogenated alkanes) is 1. The van der Waals surface area contributed by atoms with Crippen LogP contribution in [0.5, 0.6) is 0 Å². The summed E-state index contributed by atoms with van der Waals surface area (Å²) in [5, 5.41) is 0. The van der Waals surface area contributed by atoms with E-state index in [9.17, 15) is 0 Å². The summed E-state index contributed by atoms with van der Waals surface area (Å²) in [6, 6.07) is 0. The van der Waals surface area contributed by atoms with E-state index in [1.807, 2.05) is 6.08 Å². The molecule has 58 valence electrons. The Balaban J connectivity index is 3.36. The number of hydrogen-bond acceptors (Lipinski definition) is 1. The molecule has 0 fully saturated rings. The van der Waals surface area contributed by atoms with Crippen LogP contribution in [0.4, 0.5) is 0 Å². The maximum atomic E-state index is 5.65. The maximum Gasteiger partial charge on any atom is 0.00399 e. The molecule has 10 heavy (non-hydrogen) atoms. The molecule has 0 aliphatic rings. The summed E-state index contributed by atoms with van der Waals surface area (Å²) in [6.45, 7) is 5.77. The highest BCUT2D eigenvalue weighted by molar-refractivity contribution is 4.96. The molecule has 0 bridgehead atoms. The minimum Gasteiger partial charge on any atom is -0.402 e. The molecule has 1 heteroatoms. The van der Waals surface area contributed by atoms with E-state index in [1.54, 1.807) is 0 Å². The maximum absolute atomic E-state index is 5.65. The van der Waals surface area contributed by atoms with E-state index in [0.29, 0.717) is 0 Å². The normalized spacial score (nSPS) is 11.5. The molecule has 0 unspecified atom stereocenters. The zero-order chi connectivity index (χ0) is 7.82. The first-order chi connectivity index (χ1) is 4.81. The highest BCUT2D eigenvalue weighted by Crippen LogP contribution is 2.00. The molecule has 0 saturated heterocycles. The molecular weight excluding hydrogens is 122 g/mol. The zero-order valence-corrected chi connectivity index (χ0v) is 6.77. The van der Waals surface area contributed by atoms with Crippen molar-refractivity contribution in [3.8, 4) is 0 Å². The van der Waals surface area contributed by atoms with Gasteiger partial charge in [0.1, 0.15) is 0 Å². The second-order valence-corrected chi connectivity index (χ2v) is 2.40. The summed E-state index contributed by atoms with van der Waals surface area (Å²) in [4.78, 5) is 0. The fourth-order valence-corrected chi connectivity index (χ4v) is 0.777. The molecule has 2 N–H and O–H groups in total. The van der Waals surface area contributed by atoms with Crippen molar-refractivity contribution in [2.45, 2.75) is 32.6 Å². The van der Waals surface area contributed by atoms with E-state index in [0.717, 1.165) is 31.4 Å². The summed E-state index contributed by atoms with van der Waals surface area (Å²) in [5.41, 5.74) is 6.67. The van der Waals surface area contributed by atoms with Gasteiger partial charge in [0, 0.05) is 5.70 Å². The average molecular weight is 139 g/mol. The molecule has 1 nitrogen and oxygen atoms in total. The quantitative estimate of drug-likeness (QED) is 0.460. The van der Waals surface area contributed by atoms with Crippen LogP contribution < -0.4 is 5.73 Å². The molecule has 0 atom stereocenters. The van der Waals surface area contributed by atoms with Crippen molar-refractivity contribution in [3.63, 3.8) is 0 Å². The van der Waals surface area contributed by atoms with Crippen molar-refractivity contribution < 1.29 is 0 Å². The molecule has 0 spiro atoms. The monoisotopic (exact) mass is 139 g/mol. The number of rotatable bonds is 5. The van der Waals surface area contributed by atoms with Crippen molar-refractivity contribution in [2.24, 2.45) is 5.73 Å². The minimum absolute atomic E-state index is 1.02. The van der Waals surface area contributed by atoms with Crippen LogP contribution in [0, 0.1) is 0 Å². The predicted octanol–water partition coefficient (Wildman–Crippen LogP) is 2.60. The van der Waals surface area contributed by atoms with Gasteiger partial charge in [0.2, 0.25) is 0 Å². The van der Waals surface area contributed by atoms with Crippen molar-refractivity contribution in [3.05, 3.63) is 24.4 Å². The third-order valence-corrected chi connectivity index (χ3v) is 1.32. The molecule has 0 aromatic rings. The molecular formula is C9H17N. The van der Waals surface area contributed by atoms with Gasteiger partial charge in [-0.1, -0.05) is 25.5 Å². The van der Waals surface area contributed by atoms with Gasteiger partial charge < -0.3 is 5.73 Å². The van der Waals surface area contributed by atoms with Crippen LogP contribution in [0.1, 0.15) is 32.6 Å². The van der Waals surface area contributed by atoms with Gasteiger partial charge in [-0.2, -0.15) is 0 Å². The van der Waals surface area contributed by atoms with Crippen molar-refractivity contribution in [1.29, 1.82) is 0 Å². The standard InChI is InChI=1S/C9H17N/c1-3-5-6-8-9(10)7-4-2/h3,8H,1,4-7,10H2,2H3/b9-8-. The second kappa shape index (κ2) is 6.40. The number of allylic oxidation sites excluding steroid dienone is 3. The van der Waals surface area contributed by atoms with Crippen LogP contribution in [-0.2, 0) is 0 Å². The fourth-order valence-electron chi connectivity index (χ4n) is 0.777. The van der Waals surface area contributed by atoms with Gasteiger partial charge in [0.05, 0.1) is 0 Å². The Morgan fingerprint density at radius 3 is 2.70 bits per heavy atom. The van der Waals surface area contributed by atoms with Crippen molar-refractivity contribution in [1.82, 2.24) is 0 Å². The van der Waals surface area contributed by atoms with Crippen LogP contribution in [0.25, 0.3) is 0 Å². The predicted molar refractivity (Wildman–Crippen MR) is 46.6 cm³/mol. The Kier molecular flexibility index (Phi) is 5.94. The Labute approximate surface area is 63.6 Å². The molecule has 0 saturated carbocycles. The first-order valence-electron chi connectivity index (χ1n) is 3.86. The van der Waals surface area contributed by atoms with Crippen LogP contribution in [0.3, 0.4) is 0 Å². The Morgan fingerprint density at radius 1 is 1.50 bits per heavy atom. The lowest BCUT2D eigenvalue weighted by molar-refractivity contribution is 0.876. The lowest BCUT2D eigenvalue weighted by Gasteiger charge is -1.95. The summed E-state index contributed by atoms with van der Waals surface area (Å²) >= 11 is 0. The average Bonchev–Trinajstić information content (AvgIpc) is 1.89. The van der Waals surface area contributed by atoms with E-state index in [-0.39, 0.29) is 0 Å². The van der Waals surface area contributed by atoms with Crippen LogP contribution in [0.15, 0.2) is 24.4 Å². The second-order valence-electron chi connectivity index (χ2n) is 2.40. The number of hydrogen-bond donors (Lipinski definition) is 1. The van der Waals surface area contributed by atoms with Gasteiger partial charge in [0.15, 0.2) is 0 Å². The van der Waals surface area contributed by atoms with Gasteiger partial charge in [-0.05, 0) is 19.3 Å². The van der Waals surface area contributed by atoms with E-state index in [4.69, 9.17) is 5.73 Å². The van der Waals surface area contributed by atoms with E-state index < -0.39 is 0 Å². The van der Waals surface area contributed by atoms with Crippen LogP contribution in [-0.4, -0.2) is 0 Å². The van der Waals surface area contributed by atoms with Gasteiger partial charge in [-0.25, -0.2) is 0 Å². The summed E-state index contributed by atoms with van der Waals surface area (Å²) in [6.07, 6.45) is 8.23. The van der Waals surface area contributed by atoms with Crippen LogP contribution >= 0.6 is 0 Å². The third kappa shape index (κ3) is 5.42. The molecule has 0 rings (SSSR count). The van der Waals surface area contributed by atoms with E-state index in [2.05, 4.69) is 19.6 Å². The Morgan fingerprint density at radius 2 is 2.20 bits per heavy atom. The lowest BCUT2D eigenvalue weighted by Crippen LogP contribution is -1.95. The molecule has 0 aliphatic carbocycles. The first-order valence-corrected chi connectivity index (χ1v) is 3.86. The highest BCUT2D eigenvalue weighted by Gasteiger charge is 1.85. The molecule has 0 aromatic heterocycles. The van der Waals surface area contributed by atoms with Crippen LogP contribution in [0.2, 0.25) is 0 Å². The fraction of sp³-hybridized carbons (Fsp3) is 0.556. The minimum atomic E-state index is 1.02. The molecule has 0 aliphatic heterocycles. The van der Waals surface area contributed by atoms with Gasteiger partial charge >= 0.3 is 0 Å². The van der Waals surface area contributed by atoms with Crippen molar-refractivity contribution in [2.75, 3.05) is 0 Å². The molecule has 0 amide bonds. The molecule has 0 aromatic carbocycles. The topological polar surface area (TPSA) is 26.0 Å². The van der Waals surface area contributed by atoms with Gasteiger partial charge in [-0.3, -0.25) is 0 Å². The van der Waals surface area contributed by atoms with E-state index in [1.165, 1.54) is 0 Å². The molecule has 0 radical (unpaired) electrons. The Bertz CT molecular complexity index is 114. The highest BCUT2D eigenvalue weighted by atomic mass is 14.6. The smallest absolute Gasteiger partial charge is 0.00399 e. The first kappa shape index (κ1) is 9.28. The SMILES string of the molecule is C=CCC/C=C(\N)CCC. The summed E-state index contributed by atoms with van der Waals surface area (Å²) < 4.78 is 0. The number of nitrogens with two attached hydrogens (primary N) is 1. The van der Waals surface area contributed by atoms with Crippen molar-refractivity contribution >= 4 is 0 Å². The van der Waals surface area contributed by atoms with Gasteiger partial charge in [-0.15, -0.1) is 6.58 Å². The van der Waals surface area contributed by atoms with Gasteiger partial charge in [0.25, 0.3) is 0 Å².